The molecule has 144 valence electrons. The summed E-state index contributed by atoms with van der Waals surface area (Å²) in [6.07, 6.45) is 0.578. The van der Waals surface area contributed by atoms with Gasteiger partial charge >= 0.3 is 6.03 Å². The molecule has 0 spiro atoms. The molecule has 5 N–H and O–H groups in total. The van der Waals surface area contributed by atoms with Gasteiger partial charge in [0.2, 0.25) is 0 Å². The number of rotatable bonds is 4. The summed E-state index contributed by atoms with van der Waals surface area (Å²) < 4.78 is 13.8. The van der Waals surface area contributed by atoms with Crippen molar-refractivity contribution in [3.05, 3.63) is 72.0 Å². The molecule has 8 heteroatoms. The monoisotopic (exact) mass is 389 g/mol. The number of benzene rings is 3. The van der Waals surface area contributed by atoms with Gasteiger partial charge in [-0.2, -0.15) is 5.10 Å². The molecule has 0 saturated heterocycles. The zero-order chi connectivity index (χ0) is 20.4. The fourth-order valence-electron chi connectivity index (χ4n) is 3.07. The number of fused-ring (bicyclic) bond motifs is 1. The zero-order valence-electron chi connectivity index (χ0n) is 15.1. The van der Waals surface area contributed by atoms with Crippen LogP contribution in [0.5, 0.6) is 0 Å². The number of aldehydes is 1. The Morgan fingerprint density at radius 1 is 1.07 bits per heavy atom. The van der Waals surface area contributed by atoms with Crippen molar-refractivity contribution in [3.63, 3.8) is 0 Å². The van der Waals surface area contributed by atoms with Crippen LogP contribution in [0.1, 0.15) is 10.4 Å². The average molecular weight is 389 g/mol. The molecule has 3 aromatic carbocycles. The van der Waals surface area contributed by atoms with Gasteiger partial charge in [-0.1, -0.05) is 24.3 Å². The summed E-state index contributed by atoms with van der Waals surface area (Å²) in [5.41, 5.74) is 9.31. The lowest BCUT2D eigenvalue weighted by Gasteiger charge is -2.10. The van der Waals surface area contributed by atoms with Gasteiger partial charge in [0, 0.05) is 11.3 Å². The number of nitrogens with two attached hydrogens (primary N) is 1. The van der Waals surface area contributed by atoms with E-state index in [1.54, 1.807) is 12.1 Å². The minimum absolute atomic E-state index is 0.0779. The maximum atomic E-state index is 13.8. The van der Waals surface area contributed by atoms with Crippen LogP contribution in [0.4, 0.5) is 26.4 Å². The molecule has 0 unspecified atom stereocenters. The number of nitrogens with one attached hydrogen (secondary N) is 3. The fraction of sp³-hybridized carbons (Fsp3) is 0. The summed E-state index contributed by atoms with van der Waals surface area (Å²) in [5.74, 6) is -0.219. The number of urea groups is 1. The lowest BCUT2D eigenvalue weighted by molar-refractivity contribution is 0.112. The summed E-state index contributed by atoms with van der Waals surface area (Å²) in [5, 5.41) is 12.8. The predicted molar refractivity (Wildman–Crippen MR) is 110 cm³/mol. The van der Waals surface area contributed by atoms with E-state index in [0.29, 0.717) is 17.8 Å². The Labute approximate surface area is 164 Å². The fourth-order valence-corrected chi connectivity index (χ4v) is 3.07. The number of H-pyrrole nitrogens is 1. The minimum Gasteiger partial charge on any atom is -0.382 e. The molecule has 0 atom stereocenters. The van der Waals surface area contributed by atoms with Gasteiger partial charge in [-0.15, -0.1) is 0 Å². The van der Waals surface area contributed by atoms with Crippen LogP contribution in [0.15, 0.2) is 60.7 Å². The van der Waals surface area contributed by atoms with E-state index in [1.165, 1.54) is 12.1 Å². The van der Waals surface area contributed by atoms with Crippen LogP contribution in [0, 0.1) is 5.82 Å². The normalized spacial score (nSPS) is 10.7. The van der Waals surface area contributed by atoms with E-state index in [-0.39, 0.29) is 11.3 Å². The molecule has 4 rings (SSSR count). The van der Waals surface area contributed by atoms with Gasteiger partial charge in [-0.25, -0.2) is 9.18 Å². The smallest absolute Gasteiger partial charge is 0.323 e. The molecule has 29 heavy (non-hydrogen) atoms. The highest BCUT2D eigenvalue weighted by Gasteiger charge is 2.11. The van der Waals surface area contributed by atoms with Crippen LogP contribution >= 0.6 is 0 Å². The molecule has 0 radical (unpaired) electrons. The second-order valence-electron chi connectivity index (χ2n) is 6.35. The number of hydrogen-bond donors (Lipinski definition) is 4. The number of aromatic nitrogens is 2. The summed E-state index contributed by atoms with van der Waals surface area (Å²) in [6, 6.07) is 15.9. The number of nitrogen functional groups attached to an aromatic ring is 1. The Morgan fingerprint density at radius 3 is 2.62 bits per heavy atom. The van der Waals surface area contributed by atoms with Gasteiger partial charge in [0.05, 0.1) is 16.6 Å². The van der Waals surface area contributed by atoms with E-state index in [4.69, 9.17) is 5.73 Å². The van der Waals surface area contributed by atoms with E-state index in [2.05, 4.69) is 20.8 Å². The first kappa shape index (κ1) is 18.2. The van der Waals surface area contributed by atoms with Gasteiger partial charge in [0.15, 0.2) is 5.82 Å². The predicted octanol–water partition coefficient (Wildman–Crippen LogP) is 4.41. The molecule has 0 saturated carbocycles. The molecule has 4 aromatic rings. The number of carbonyl (C=O) groups excluding carboxylic acids is 2. The Kier molecular flexibility index (Phi) is 4.66. The van der Waals surface area contributed by atoms with Crippen molar-refractivity contribution < 1.29 is 14.0 Å². The zero-order valence-corrected chi connectivity index (χ0v) is 15.1. The first-order valence-corrected chi connectivity index (χ1v) is 8.71. The van der Waals surface area contributed by atoms with Crippen LogP contribution < -0.4 is 16.4 Å². The first-order chi connectivity index (χ1) is 14.0. The topological polar surface area (TPSA) is 113 Å². The van der Waals surface area contributed by atoms with Crippen molar-refractivity contribution in [3.8, 4) is 11.1 Å². The second kappa shape index (κ2) is 7.43. The van der Waals surface area contributed by atoms with Gasteiger partial charge in [-0.05, 0) is 47.5 Å². The third-order valence-corrected chi connectivity index (χ3v) is 4.45. The SMILES string of the molecule is Nc1n[nH]c2cccc(-c3ccc(NC(=O)Nc4cc(C=O)ccc4F)cc3)c12. The molecule has 7 nitrogen and oxygen atoms in total. The Bertz CT molecular complexity index is 1220. The second-order valence-corrected chi connectivity index (χ2v) is 6.35. The number of amides is 2. The van der Waals surface area contributed by atoms with Gasteiger partial charge in [0.25, 0.3) is 0 Å². The highest BCUT2D eigenvalue weighted by molar-refractivity contribution is 6.02. The number of carbonyl (C=O) groups is 2. The van der Waals surface area contributed by atoms with Crippen molar-refractivity contribution in [2.45, 2.75) is 0 Å². The molecule has 1 heterocycles. The van der Waals surface area contributed by atoms with Crippen molar-refractivity contribution in [1.82, 2.24) is 10.2 Å². The number of hydrogen-bond acceptors (Lipinski definition) is 4. The highest BCUT2D eigenvalue weighted by atomic mass is 19.1. The molecule has 2 amide bonds. The molecule has 1 aromatic heterocycles. The average Bonchev–Trinajstić information content (AvgIpc) is 3.11. The van der Waals surface area contributed by atoms with Crippen LogP contribution in [0.25, 0.3) is 22.0 Å². The first-order valence-electron chi connectivity index (χ1n) is 8.71. The molecule has 0 aliphatic heterocycles. The molecule has 0 aliphatic rings. The number of aromatic amines is 1. The van der Waals surface area contributed by atoms with Crippen LogP contribution in [0.3, 0.4) is 0 Å². The molecular formula is C21H16FN5O2. The van der Waals surface area contributed by atoms with Gasteiger partial charge in [-0.3, -0.25) is 9.89 Å². The van der Waals surface area contributed by atoms with Crippen LogP contribution in [-0.2, 0) is 0 Å². The summed E-state index contributed by atoms with van der Waals surface area (Å²) in [7, 11) is 0. The van der Waals surface area contributed by atoms with Gasteiger partial charge < -0.3 is 16.4 Å². The Morgan fingerprint density at radius 2 is 1.86 bits per heavy atom. The number of nitrogens with zero attached hydrogens (tertiary/aromatic N) is 1. The Balaban J connectivity index is 1.52. The molecule has 0 fully saturated rings. The lowest BCUT2D eigenvalue weighted by atomic mass is 10.0. The number of halogens is 1. The maximum absolute atomic E-state index is 13.8. The highest BCUT2D eigenvalue weighted by Crippen LogP contribution is 2.31. The lowest BCUT2D eigenvalue weighted by Crippen LogP contribution is -2.20. The summed E-state index contributed by atoms with van der Waals surface area (Å²) >= 11 is 0. The minimum atomic E-state index is -0.633. The standard InChI is InChI=1S/C21H16FN5O2/c22-16-9-4-12(11-28)10-18(16)25-21(29)24-14-7-5-13(6-8-14)15-2-1-3-17-19(15)20(23)27-26-17/h1-11H,(H3,23,26,27)(H2,24,25,29). The van der Waals surface area contributed by atoms with Crippen molar-refractivity contribution >= 4 is 40.4 Å². The van der Waals surface area contributed by atoms with Crippen molar-refractivity contribution in [2.24, 2.45) is 0 Å². The summed E-state index contributed by atoms with van der Waals surface area (Å²) in [6.45, 7) is 0. The van der Waals surface area contributed by atoms with Crippen LogP contribution in [0.2, 0.25) is 0 Å². The van der Waals surface area contributed by atoms with Crippen LogP contribution in [-0.4, -0.2) is 22.5 Å². The molecule has 0 bridgehead atoms. The Hall–Kier alpha value is -4.20. The largest absolute Gasteiger partial charge is 0.382 e. The quantitative estimate of drug-likeness (QED) is 0.387. The third-order valence-electron chi connectivity index (χ3n) is 4.45. The van der Waals surface area contributed by atoms with Gasteiger partial charge in [0.1, 0.15) is 12.1 Å². The van der Waals surface area contributed by atoms with E-state index < -0.39 is 11.8 Å². The van der Waals surface area contributed by atoms with E-state index in [1.807, 2.05) is 30.3 Å². The number of anilines is 3. The molecular weight excluding hydrogens is 373 g/mol. The third kappa shape index (κ3) is 3.63. The van der Waals surface area contributed by atoms with Crippen molar-refractivity contribution in [1.29, 1.82) is 0 Å². The maximum Gasteiger partial charge on any atom is 0.323 e. The summed E-state index contributed by atoms with van der Waals surface area (Å²) in [4.78, 5) is 23.0. The van der Waals surface area contributed by atoms with E-state index in [0.717, 1.165) is 28.1 Å². The van der Waals surface area contributed by atoms with E-state index in [9.17, 15) is 14.0 Å². The molecule has 0 aliphatic carbocycles. The van der Waals surface area contributed by atoms with E-state index >= 15 is 0 Å². The van der Waals surface area contributed by atoms with Crippen molar-refractivity contribution in [2.75, 3.05) is 16.4 Å².